The Morgan fingerprint density at radius 3 is 1.53 bits per heavy atom. The second-order valence-corrected chi connectivity index (χ2v) is 10.4. The van der Waals surface area contributed by atoms with Crippen LogP contribution in [0.1, 0.15) is 157 Å². The summed E-state index contributed by atoms with van der Waals surface area (Å²) in [6.45, 7) is 9.98. The van der Waals surface area contributed by atoms with E-state index in [1.807, 2.05) is 20.8 Å². The second kappa shape index (κ2) is 20.5. The van der Waals surface area contributed by atoms with Crippen LogP contribution >= 0.6 is 0 Å². The highest BCUT2D eigenvalue weighted by Crippen LogP contribution is 2.17. The van der Waals surface area contributed by atoms with Crippen molar-refractivity contribution < 1.29 is 19.1 Å². The number of carbonyl (C=O) groups excluding carboxylic acids is 2. The summed E-state index contributed by atoms with van der Waals surface area (Å²) >= 11 is 0. The van der Waals surface area contributed by atoms with Gasteiger partial charge in [0.2, 0.25) is 0 Å². The maximum absolute atomic E-state index is 12.3. The lowest BCUT2D eigenvalue weighted by atomic mass is 10.0. The van der Waals surface area contributed by atoms with Gasteiger partial charge in [-0.2, -0.15) is 0 Å². The fraction of sp³-hybridized carbons (Fsp3) is 0.929. The lowest BCUT2D eigenvalue weighted by Gasteiger charge is -2.22. The van der Waals surface area contributed by atoms with Crippen LogP contribution in [-0.4, -0.2) is 23.6 Å². The molecule has 0 spiro atoms. The number of rotatable bonds is 21. The van der Waals surface area contributed by atoms with Crippen molar-refractivity contribution in [3.05, 3.63) is 0 Å². The van der Waals surface area contributed by atoms with Gasteiger partial charge in [-0.1, -0.05) is 104 Å². The molecule has 0 aliphatic heterocycles. The van der Waals surface area contributed by atoms with E-state index >= 15 is 0 Å². The Labute approximate surface area is 199 Å². The van der Waals surface area contributed by atoms with E-state index in [2.05, 4.69) is 13.8 Å². The van der Waals surface area contributed by atoms with Gasteiger partial charge in [-0.05, 0) is 40.0 Å². The number of esters is 2. The van der Waals surface area contributed by atoms with E-state index in [1.165, 1.54) is 70.6 Å². The van der Waals surface area contributed by atoms with E-state index in [1.54, 1.807) is 0 Å². The first-order valence-corrected chi connectivity index (χ1v) is 13.7. The lowest BCUT2D eigenvalue weighted by Crippen LogP contribution is -2.28. The molecule has 0 radical (unpaired) electrons. The van der Waals surface area contributed by atoms with Crippen LogP contribution in [0, 0.1) is 0 Å². The molecule has 0 aromatic carbocycles. The average molecular weight is 455 g/mol. The molecular formula is C28H54O4. The number of carbonyl (C=O) groups is 2. The molecule has 190 valence electrons. The van der Waals surface area contributed by atoms with Crippen LogP contribution in [0.25, 0.3) is 0 Å². The quantitative estimate of drug-likeness (QED) is 0.128. The Hall–Kier alpha value is -1.06. The molecule has 0 aliphatic carbocycles. The summed E-state index contributed by atoms with van der Waals surface area (Å²) in [6, 6.07) is 0. The molecule has 4 heteroatoms. The fourth-order valence-electron chi connectivity index (χ4n) is 3.93. The summed E-state index contributed by atoms with van der Waals surface area (Å²) in [4.78, 5) is 24.4. The minimum atomic E-state index is -0.510. The standard InChI is InChI=1S/C28H54O4/c1-6-8-10-11-12-13-14-15-16-17-18-19-21-23-26(29)31-25(22-20-9-7-2)24-27(30)32-28(3,4)5/h25H,6-24H2,1-5H3. The highest BCUT2D eigenvalue weighted by Gasteiger charge is 2.22. The Morgan fingerprint density at radius 2 is 1.06 bits per heavy atom. The van der Waals surface area contributed by atoms with Crippen molar-refractivity contribution in [3.63, 3.8) is 0 Å². The van der Waals surface area contributed by atoms with Crippen LogP contribution in [-0.2, 0) is 19.1 Å². The van der Waals surface area contributed by atoms with Crippen LogP contribution in [0.5, 0.6) is 0 Å². The smallest absolute Gasteiger partial charge is 0.310 e. The van der Waals surface area contributed by atoms with E-state index in [4.69, 9.17) is 9.47 Å². The summed E-state index contributed by atoms with van der Waals surface area (Å²) in [7, 11) is 0. The highest BCUT2D eigenvalue weighted by molar-refractivity contribution is 5.72. The molecule has 0 fully saturated rings. The van der Waals surface area contributed by atoms with E-state index < -0.39 is 5.60 Å². The van der Waals surface area contributed by atoms with Gasteiger partial charge in [0.1, 0.15) is 11.7 Å². The number of hydrogen-bond donors (Lipinski definition) is 0. The van der Waals surface area contributed by atoms with Gasteiger partial charge in [0, 0.05) is 6.42 Å². The predicted molar refractivity (Wildman–Crippen MR) is 135 cm³/mol. The summed E-state index contributed by atoms with van der Waals surface area (Å²) in [5.41, 5.74) is -0.510. The molecule has 4 nitrogen and oxygen atoms in total. The molecular weight excluding hydrogens is 400 g/mol. The Kier molecular flexibility index (Phi) is 19.9. The van der Waals surface area contributed by atoms with Gasteiger partial charge in [-0.25, -0.2) is 0 Å². The van der Waals surface area contributed by atoms with Crippen molar-refractivity contribution in [2.75, 3.05) is 0 Å². The summed E-state index contributed by atoms with van der Waals surface area (Å²) in [6.07, 6.45) is 20.9. The largest absolute Gasteiger partial charge is 0.462 e. The zero-order valence-corrected chi connectivity index (χ0v) is 22.1. The zero-order valence-electron chi connectivity index (χ0n) is 22.1. The van der Waals surface area contributed by atoms with E-state index in [-0.39, 0.29) is 24.5 Å². The number of hydrogen-bond acceptors (Lipinski definition) is 4. The average Bonchev–Trinajstić information content (AvgIpc) is 2.70. The normalized spacial score (nSPS) is 12.5. The second-order valence-electron chi connectivity index (χ2n) is 10.4. The minimum absolute atomic E-state index is 0.158. The Morgan fingerprint density at radius 1 is 0.625 bits per heavy atom. The molecule has 0 aromatic rings. The molecule has 0 saturated carbocycles. The van der Waals surface area contributed by atoms with Crippen molar-refractivity contribution in [2.24, 2.45) is 0 Å². The van der Waals surface area contributed by atoms with Crippen molar-refractivity contribution >= 4 is 11.9 Å². The predicted octanol–water partition coefficient (Wildman–Crippen LogP) is 8.69. The van der Waals surface area contributed by atoms with Gasteiger partial charge in [0.15, 0.2) is 0 Å². The first kappa shape index (κ1) is 30.9. The first-order chi connectivity index (χ1) is 15.3. The molecule has 1 unspecified atom stereocenters. The molecule has 0 rings (SSSR count). The Balaban J connectivity index is 3.87. The molecule has 0 aromatic heterocycles. The lowest BCUT2D eigenvalue weighted by molar-refractivity contribution is -0.161. The third-order valence-electron chi connectivity index (χ3n) is 5.73. The molecule has 0 saturated heterocycles. The molecule has 0 aliphatic rings. The van der Waals surface area contributed by atoms with Crippen molar-refractivity contribution in [3.8, 4) is 0 Å². The number of unbranched alkanes of at least 4 members (excludes halogenated alkanes) is 14. The van der Waals surface area contributed by atoms with Gasteiger partial charge in [-0.15, -0.1) is 0 Å². The summed E-state index contributed by atoms with van der Waals surface area (Å²) in [5.74, 6) is -0.453. The van der Waals surface area contributed by atoms with Crippen LogP contribution in [0.2, 0.25) is 0 Å². The van der Waals surface area contributed by atoms with Gasteiger partial charge >= 0.3 is 11.9 Å². The monoisotopic (exact) mass is 454 g/mol. The van der Waals surface area contributed by atoms with Crippen LogP contribution in [0.4, 0.5) is 0 Å². The van der Waals surface area contributed by atoms with Gasteiger partial charge in [0.25, 0.3) is 0 Å². The van der Waals surface area contributed by atoms with Crippen molar-refractivity contribution in [1.82, 2.24) is 0 Å². The zero-order chi connectivity index (χ0) is 24.1. The topological polar surface area (TPSA) is 52.6 Å². The van der Waals surface area contributed by atoms with Crippen molar-refractivity contribution in [2.45, 2.75) is 168 Å². The highest BCUT2D eigenvalue weighted by atomic mass is 16.6. The molecule has 0 amide bonds. The molecule has 1 atom stereocenters. The fourth-order valence-corrected chi connectivity index (χ4v) is 3.93. The first-order valence-electron chi connectivity index (χ1n) is 13.7. The molecule has 32 heavy (non-hydrogen) atoms. The van der Waals surface area contributed by atoms with Crippen molar-refractivity contribution in [1.29, 1.82) is 0 Å². The van der Waals surface area contributed by atoms with Gasteiger partial charge in [-0.3, -0.25) is 9.59 Å². The van der Waals surface area contributed by atoms with E-state index in [0.717, 1.165) is 38.5 Å². The van der Waals surface area contributed by atoms with Gasteiger partial charge in [0.05, 0.1) is 6.42 Å². The summed E-state index contributed by atoms with van der Waals surface area (Å²) < 4.78 is 11.1. The third-order valence-corrected chi connectivity index (χ3v) is 5.73. The van der Waals surface area contributed by atoms with Crippen LogP contribution < -0.4 is 0 Å². The number of ether oxygens (including phenoxy) is 2. The van der Waals surface area contributed by atoms with E-state index in [0.29, 0.717) is 6.42 Å². The molecule has 0 heterocycles. The maximum Gasteiger partial charge on any atom is 0.310 e. The van der Waals surface area contributed by atoms with E-state index in [9.17, 15) is 9.59 Å². The Bertz CT molecular complexity index is 453. The van der Waals surface area contributed by atoms with Crippen LogP contribution in [0.3, 0.4) is 0 Å². The SMILES string of the molecule is CCCCCCCCCCCCCCCC(=O)OC(CCCCC)CC(=O)OC(C)(C)C. The maximum atomic E-state index is 12.3. The summed E-state index contributed by atoms with van der Waals surface area (Å²) in [5, 5.41) is 0. The van der Waals surface area contributed by atoms with Crippen LogP contribution in [0.15, 0.2) is 0 Å². The van der Waals surface area contributed by atoms with Gasteiger partial charge < -0.3 is 9.47 Å². The minimum Gasteiger partial charge on any atom is -0.462 e. The molecule has 0 bridgehead atoms. The third kappa shape index (κ3) is 22.1. The molecule has 0 N–H and O–H groups in total.